The van der Waals surface area contributed by atoms with Crippen LogP contribution in [0.2, 0.25) is 0 Å². The van der Waals surface area contributed by atoms with Crippen molar-refractivity contribution in [3.63, 3.8) is 0 Å². The third kappa shape index (κ3) is 2.42. The highest BCUT2D eigenvalue weighted by atomic mass is 19.1. The summed E-state index contributed by atoms with van der Waals surface area (Å²) >= 11 is 0. The third-order valence-electron chi connectivity index (χ3n) is 3.92. The van der Waals surface area contributed by atoms with E-state index < -0.39 is 0 Å². The smallest absolute Gasteiger partial charge is 0.196 e. The van der Waals surface area contributed by atoms with Crippen molar-refractivity contribution in [1.82, 2.24) is 0 Å². The molecule has 1 saturated heterocycles. The van der Waals surface area contributed by atoms with E-state index in [0.717, 1.165) is 31.7 Å². The zero-order chi connectivity index (χ0) is 13.2. The van der Waals surface area contributed by atoms with E-state index in [1.54, 1.807) is 6.07 Å². The quantitative estimate of drug-likeness (QED) is 0.884. The molecule has 2 heterocycles. The predicted octanol–water partition coefficient (Wildman–Crippen LogP) is 1.76. The van der Waals surface area contributed by atoms with Gasteiger partial charge in [0.05, 0.1) is 12.6 Å². The van der Waals surface area contributed by atoms with Gasteiger partial charge in [0.25, 0.3) is 0 Å². The average Bonchev–Trinajstić information content (AvgIpc) is 2.82. The van der Waals surface area contributed by atoms with Gasteiger partial charge in [-0.25, -0.2) is 4.39 Å². The number of ether oxygens (including phenoxy) is 1. The van der Waals surface area contributed by atoms with Crippen LogP contribution in [0.25, 0.3) is 0 Å². The number of rotatable bonds is 2. The largest absolute Gasteiger partial charge is 0.381 e. The molecule has 2 N–H and O–H groups in total. The van der Waals surface area contributed by atoms with Gasteiger partial charge in [-0.3, -0.25) is 4.99 Å². The molecule has 0 saturated carbocycles. The molecule has 0 amide bonds. The Morgan fingerprint density at radius 3 is 2.84 bits per heavy atom. The minimum Gasteiger partial charge on any atom is -0.381 e. The van der Waals surface area contributed by atoms with Gasteiger partial charge < -0.3 is 15.4 Å². The fraction of sp³-hybridized carbons (Fsp3) is 0.500. The standard InChI is InChI=1S/C14H18FN3O/c15-11-2-1-3-12(8-11)18-13(9-17-14(18)16)10-4-6-19-7-5-10/h1-3,8,10,13H,4-7,9H2,(H2,16,17). The van der Waals surface area contributed by atoms with Gasteiger partial charge in [0.2, 0.25) is 0 Å². The molecule has 19 heavy (non-hydrogen) atoms. The molecule has 0 radical (unpaired) electrons. The summed E-state index contributed by atoms with van der Waals surface area (Å²) in [6, 6.07) is 6.77. The van der Waals surface area contributed by atoms with Crippen molar-refractivity contribution >= 4 is 11.6 Å². The van der Waals surface area contributed by atoms with Crippen molar-refractivity contribution in [2.24, 2.45) is 16.6 Å². The maximum atomic E-state index is 13.4. The van der Waals surface area contributed by atoms with Crippen molar-refractivity contribution in [3.8, 4) is 0 Å². The number of benzene rings is 1. The zero-order valence-corrected chi connectivity index (χ0v) is 10.8. The van der Waals surface area contributed by atoms with Crippen LogP contribution in [0.1, 0.15) is 12.8 Å². The molecule has 0 aliphatic carbocycles. The number of halogens is 1. The van der Waals surface area contributed by atoms with Crippen molar-refractivity contribution in [3.05, 3.63) is 30.1 Å². The van der Waals surface area contributed by atoms with Crippen LogP contribution in [0.4, 0.5) is 10.1 Å². The minimum absolute atomic E-state index is 0.227. The van der Waals surface area contributed by atoms with E-state index in [9.17, 15) is 4.39 Å². The molecular formula is C14H18FN3O. The van der Waals surface area contributed by atoms with Gasteiger partial charge in [-0.2, -0.15) is 0 Å². The molecule has 0 aromatic heterocycles. The lowest BCUT2D eigenvalue weighted by Gasteiger charge is -2.34. The molecule has 2 aliphatic rings. The van der Waals surface area contributed by atoms with Gasteiger partial charge in [-0.05, 0) is 37.0 Å². The van der Waals surface area contributed by atoms with E-state index >= 15 is 0 Å². The van der Waals surface area contributed by atoms with Gasteiger partial charge in [-0.1, -0.05) is 6.07 Å². The summed E-state index contributed by atoms with van der Waals surface area (Å²) in [5.74, 6) is 0.742. The van der Waals surface area contributed by atoms with Gasteiger partial charge in [0, 0.05) is 18.9 Å². The topological polar surface area (TPSA) is 50.9 Å². The monoisotopic (exact) mass is 263 g/mol. The second-order valence-corrected chi connectivity index (χ2v) is 5.07. The normalized spacial score (nSPS) is 24.6. The summed E-state index contributed by atoms with van der Waals surface area (Å²) in [6.45, 7) is 2.27. The van der Waals surface area contributed by atoms with Crippen molar-refractivity contribution < 1.29 is 9.13 Å². The van der Waals surface area contributed by atoms with Crippen molar-refractivity contribution in [2.45, 2.75) is 18.9 Å². The Morgan fingerprint density at radius 2 is 2.11 bits per heavy atom. The number of hydrogen-bond acceptors (Lipinski definition) is 4. The SMILES string of the molecule is NC1=NCC(C2CCOCC2)N1c1cccc(F)c1. The molecule has 1 unspecified atom stereocenters. The van der Waals surface area contributed by atoms with Gasteiger partial charge in [-0.15, -0.1) is 0 Å². The van der Waals surface area contributed by atoms with Gasteiger partial charge in [0.1, 0.15) is 5.82 Å². The molecule has 1 aromatic rings. The maximum Gasteiger partial charge on any atom is 0.196 e. The van der Waals surface area contributed by atoms with E-state index in [2.05, 4.69) is 4.99 Å². The van der Waals surface area contributed by atoms with E-state index in [1.807, 2.05) is 11.0 Å². The van der Waals surface area contributed by atoms with Crippen LogP contribution in [0.5, 0.6) is 0 Å². The Balaban J connectivity index is 1.85. The fourth-order valence-corrected chi connectivity index (χ4v) is 2.92. The molecule has 3 rings (SSSR count). The average molecular weight is 263 g/mol. The molecule has 5 heteroatoms. The molecule has 102 valence electrons. The highest BCUT2D eigenvalue weighted by molar-refractivity contribution is 5.97. The second-order valence-electron chi connectivity index (χ2n) is 5.07. The Bertz CT molecular complexity index is 485. The lowest BCUT2D eigenvalue weighted by atomic mass is 9.91. The van der Waals surface area contributed by atoms with Crippen LogP contribution in [-0.2, 0) is 4.74 Å². The first-order valence-electron chi connectivity index (χ1n) is 6.68. The Kier molecular flexibility index (Phi) is 3.38. The Labute approximate surface area is 112 Å². The van der Waals surface area contributed by atoms with Gasteiger partial charge >= 0.3 is 0 Å². The fourth-order valence-electron chi connectivity index (χ4n) is 2.92. The van der Waals surface area contributed by atoms with Gasteiger partial charge in [0.15, 0.2) is 5.96 Å². The molecule has 1 atom stereocenters. The number of nitrogens with two attached hydrogens (primary N) is 1. The summed E-state index contributed by atoms with van der Waals surface area (Å²) in [4.78, 5) is 6.31. The summed E-state index contributed by atoms with van der Waals surface area (Å²) in [5.41, 5.74) is 6.77. The molecular weight excluding hydrogens is 245 g/mol. The lowest BCUT2D eigenvalue weighted by Crippen LogP contribution is -2.46. The number of nitrogens with zero attached hydrogens (tertiary/aromatic N) is 2. The summed E-state index contributed by atoms with van der Waals surface area (Å²) in [5, 5.41) is 0. The zero-order valence-electron chi connectivity index (χ0n) is 10.8. The first kappa shape index (κ1) is 12.4. The molecule has 1 aromatic carbocycles. The predicted molar refractivity (Wildman–Crippen MR) is 72.7 cm³/mol. The second kappa shape index (κ2) is 5.17. The molecule has 1 fully saturated rings. The number of hydrogen-bond donors (Lipinski definition) is 1. The third-order valence-corrected chi connectivity index (χ3v) is 3.92. The van der Waals surface area contributed by atoms with Crippen molar-refractivity contribution in [2.75, 3.05) is 24.7 Å². The number of guanidine groups is 1. The molecule has 0 spiro atoms. The van der Waals surface area contributed by atoms with Crippen LogP contribution < -0.4 is 10.6 Å². The van der Waals surface area contributed by atoms with E-state index in [-0.39, 0.29) is 11.9 Å². The lowest BCUT2D eigenvalue weighted by molar-refractivity contribution is 0.0603. The first-order chi connectivity index (χ1) is 9.25. The molecule has 0 bridgehead atoms. The van der Waals surface area contributed by atoms with Crippen LogP contribution in [0, 0.1) is 11.7 Å². The Morgan fingerprint density at radius 1 is 1.32 bits per heavy atom. The summed E-state index contributed by atoms with van der Waals surface area (Å²) in [7, 11) is 0. The summed E-state index contributed by atoms with van der Waals surface area (Å²) in [6.07, 6.45) is 2.03. The van der Waals surface area contributed by atoms with E-state index in [4.69, 9.17) is 10.5 Å². The number of anilines is 1. The van der Waals surface area contributed by atoms with Crippen LogP contribution in [0.3, 0.4) is 0 Å². The summed E-state index contributed by atoms with van der Waals surface area (Å²) < 4.78 is 18.8. The van der Waals surface area contributed by atoms with Crippen LogP contribution in [0.15, 0.2) is 29.3 Å². The first-order valence-corrected chi connectivity index (χ1v) is 6.68. The molecule has 2 aliphatic heterocycles. The highest BCUT2D eigenvalue weighted by Gasteiger charge is 2.34. The van der Waals surface area contributed by atoms with Crippen LogP contribution >= 0.6 is 0 Å². The molecule has 4 nitrogen and oxygen atoms in total. The van der Waals surface area contributed by atoms with Crippen LogP contribution in [-0.4, -0.2) is 31.8 Å². The van der Waals surface area contributed by atoms with E-state index in [0.29, 0.717) is 18.4 Å². The Hall–Kier alpha value is -1.62. The maximum absolute atomic E-state index is 13.4. The number of aliphatic imine (C=N–C) groups is 1. The minimum atomic E-state index is -0.247. The highest BCUT2D eigenvalue weighted by Crippen LogP contribution is 2.30. The van der Waals surface area contributed by atoms with Crippen molar-refractivity contribution in [1.29, 1.82) is 0 Å². The van der Waals surface area contributed by atoms with E-state index in [1.165, 1.54) is 12.1 Å².